The molecule has 0 aromatic heterocycles. The van der Waals surface area contributed by atoms with Crippen LogP contribution in [-0.4, -0.2) is 17.0 Å². The first kappa shape index (κ1) is 16.4. The summed E-state index contributed by atoms with van der Waals surface area (Å²) in [5.41, 5.74) is 0.0956. The third-order valence-corrected chi connectivity index (χ3v) is 2.54. The molecular formula is C13H11ClN2O5. The minimum Gasteiger partial charge on any atom is -0.497 e. The van der Waals surface area contributed by atoms with E-state index in [0.29, 0.717) is 10.8 Å². The number of ether oxygens (including phenoxy) is 1. The number of hydrogen-bond acceptors (Lipinski definition) is 5. The van der Waals surface area contributed by atoms with E-state index in [4.69, 9.17) is 16.3 Å². The van der Waals surface area contributed by atoms with E-state index in [1.54, 1.807) is 24.3 Å². The van der Waals surface area contributed by atoms with Crippen molar-refractivity contribution in [3.8, 4) is 5.75 Å². The summed E-state index contributed by atoms with van der Waals surface area (Å²) in [4.78, 5) is 19.3. The number of halogens is 1. The molecule has 8 heteroatoms. The van der Waals surface area contributed by atoms with Crippen LogP contribution in [-0.2, 0) is 0 Å². The Bertz CT molecular complexity index is 631. The fourth-order valence-corrected chi connectivity index (χ4v) is 1.48. The molecule has 0 fully saturated rings. The summed E-state index contributed by atoms with van der Waals surface area (Å²) >= 11 is 5.48. The van der Waals surface area contributed by atoms with Gasteiger partial charge in [0.25, 0.3) is 11.4 Å². The number of hydrogen-bond donors (Lipinski definition) is 0. The van der Waals surface area contributed by atoms with Gasteiger partial charge < -0.3 is 4.74 Å². The van der Waals surface area contributed by atoms with Gasteiger partial charge >= 0.3 is 0 Å². The molecule has 0 saturated heterocycles. The van der Waals surface area contributed by atoms with Crippen LogP contribution in [0.2, 0.25) is 5.02 Å². The maximum Gasteiger partial charge on any atom is 0.270 e. The Labute approximate surface area is 125 Å². The van der Waals surface area contributed by atoms with Crippen molar-refractivity contribution < 1.29 is 14.6 Å². The van der Waals surface area contributed by atoms with Crippen LogP contribution in [0.5, 0.6) is 5.75 Å². The minimum atomic E-state index is -0.480. The van der Waals surface area contributed by atoms with Crippen molar-refractivity contribution in [2.24, 2.45) is 0 Å². The Morgan fingerprint density at radius 1 is 0.952 bits per heavy atom. The molecule has 0 bridgehead atoms. The van der Waals surface area contributed by atoms with Gasteiger partial charge in [-0.1, -0.05) is 17.7 Å². The molecule has 0 spiro atoms. The predicted octanol–water partition coefficient (Wildman–Crippen LogP) is 3.85. The van der Waals surface area contributed by atoms with Crippen molar-refractivity contribution in [1.82, 2.24) is 0 Å². The first-order valence-corrected chi connectivity index (χ1v) is 6.00. The highest BCUT2D eigenvalue weighted by atomic mass is 35.5. The van der Waals surface area contributed by atoms with Gasteiger partial charge in [-0.05, 0) is 18.2 Å². The average Bonchev–Trinajstić information content (AvgIpc) is 2.48. The molecule has 0 aliphatic carbocycles. The number of non-ortho nitro benzene ring substituents is 2. The van der Waals surface area contributed by atoms with Crippen molar-refractivity contribution >= 4 is 23.0 Å². The van der Waals surface area contributed by atoms with Crippen molar-refractivity contribution in [2.45, 2.75) is 0 Å². The summed E-state index contributed by atoms with van der Waals surface area (Å²) in [6.45, 7) is 0. The van der Waals surface area contributed by atoms with Gasteiger partial charge in [0.05, 0.1) is 17.0 Å². The molecule has 2 rings (SSSR count). The van der Waals surface area contributed by atoms with E-state index >= 15 is 0 Å². The smallest absolute Gasteiger partial charge is 0.270 e. The van der Waals surface area contributed by atoms with Gasteiger partial charge in [-0.2, -0.15) is 0 Å². The van der Waals surface area contributed by atoms with E-state index in [1.165, 1.54) is 31.4 Å². The number of rotatable bonds is 3. The molecule has 0 radical (unpaired) electrons. The fraction of sp³-hybridized carbons (Fsp3) is 0.0769. The van der Waals surface area contributed by atoms with Crippen LogP contribution in [0.3, 0.4) is 0 Å². The maximum atomic E-state index is 10.2. The molecule has 0 atom stereocenters. The molecule has 2 aromatic carbocycles. The molecular weight excluding hydrogens is 300 g/mol. The summed E-state index contributed by atoms with van der Waals surface area (Å²) in [5, 5.41) is 20.6. The maximum absolute atomic E-state index is 10.2. The van der Waals surface area contributed by atoms with Crippen molar-refractivity contribution in [1.29, 1.82) is 0 Å². The van der Waals surface area contributed by atoms with Crippen LogP contribution >= 0.6 is 11.6 Å². The molecule has 0 unspecified atom stereocenters. The Morgan fingerprint density at radius 2 is 1.52 bits per heavy atom. The van der Waals surface area contributed by atoms with E-state index in [1.807, 2.05) is 0 Å². The monoisotopic (exact) mass is 310 g/mol. The lowest BCUT2D eigenvalue weighted by Crippen LogP contribution is -1.87. The molecule has 110 valence electrons. The van der Waals surface area contributed by atoms with Gasteiger partial charge in [-0.15, -0.1) is 0 Å². The number of benzene rings is 2. The zero-order chi connectivity index (χ0) is 15.8. The first-order chi connectivity index (χ1) is 9.93. The molecule has 0 amide bonds. The Kier molecular flexibility index (Phi) is 6.09. The fourth-order valence-electron chi connectivity index (χ4n) is 1.29. The molecule has 0 aliphatic heterocycles. The second-order valence-electron chi connectivity index (χ2n) is 3.69. The van der Waals surface area contributed by atoms with Crippen LogP contribution in [0.15, 0.2) is 48.5 Å². The highest BCUT2D eigenvalue weighted by Crippen LogP contribution is 2.17. The van der Waals surface area contributed by atoms with E-state index in [2.05, 4.69) is 0 Å². The van der Waals surface area contributed by atoms with Gasteiger partial charge in [0, 0.05) is 29.3 Å². The molecule has 0 N–H and O–H groups in total. The van der Waals surface area contributed by atoms with Crippen LogP contribution in [0.4, 0.5) is 11.4 Å². The van der Waals surface area contributed by atoms with Crippen LogP contribution in [0.1, 0.15) is 0 Å². The van der Waals surface area contributed by atoms with Crippen LogP contribution in [0, 0.1) is 20.2 Å². The topological polar surface area (TPSA) is 95.5 Å². The molecule has 0 aliphatic rings. The summed E-state index contributed by atoms with van der Waals surface area (Å²) in [5.74, 6) is 0.621. The standard InChI is InChI=1S/C7H7NO3.C6H4ClNO2/c1-11-7-4-2-6(3-5-7)8(9)10;7-5-2-1-3-6(4-5)8(9)10/h2-5H,1H3;1-4H. The Morgan fingerprint density at radius 3 is 1.90 bits per heavy atom. The Hall–Kier alpha value is -2.67. The zero-order valence-corrected chi connectivity index (χ0v) is 11.7. The average molecular weight is 311 g/mol. The number of methoxy groups -OCH3 is 1. The van der Waals surface area contributed by atoms with Crippen LogP contribution < -0.4 is 4.74 Å². The van der Waals surface area contributed by atoms with Gasteiger partial charge in [0.2, 0.25) is 0 Å². The third-order valence-electron chi connectivity index (χ3n) is 2.30. The number of nitro groups is 2. The quantitative estimate of drug-likeness (QED) is 0.633. The first-order valence-electron chi connectivity index (χ1n) is 5.62. The van der Waals surface area contributed by atoms with E-state index in [-0.39, 0.29) is 11.4 Å². The van der Waals surface area contributed by atoms with Gasteiger partial charge in [-0.3, -0.25) is 20.2 Å². The largest absolute Gasteiger partial charge is 0.497 e. The number of nitro benzene ring substituents is 2. The lowest BCUT2D eigenvalue weighted by molar-refractivity contribution is -0.385. The van der Waals surface area contributed by atoms with Gasteiger partial charge in [0.15, 0.2) is 0 Å². The SMILES string of the molecule is COc1ccc([N+](=O)[O-])cc1.O=[N+]([O-])c1cccc(Cl)c1. The molecule has 7 nitrogen and oxygen atoms in total. The molecule has 0 saturated carbocycles. The van der Waals surface area contributed by atoms with Crippen molar-refractivity contribution in [3.05, 3.63) is 73.8 Å². The summed E-state index contributed by atoms with van der Waals surface area (Å²) in [7, 11) is 1.52. The van der Waals surface area contributed by atoms with Crippen molar-refractivity contribution in [2.75, 3.05) is 7.11 Å². The normalized spacial score (nSPS) is 9.24. The second-order valence-corrected chi connectivity index (χ2v) is 4.13. The molecule has 2 aromatic rings. The second kappa shape index (κ2) is 7.81. The van der Waals surface area contributed by atoms with Crippen molar-refractivity contribution in [3.63, 3.8) is 0 Å². The highest BCUT2D eigenvalue weighted by Gasteiger charge is 2.03. The van der Waals surface area contributed by atoms with E-state index in [9.17, 15) is 20.2 Å². The van der Waals surface area contributed by atoms with E-state index in [0.717, 1.165) is 0 Å². The van der Waals surface area contributed by atoms with Crippen LogP contribution in [0.25, 0.3) is 0 Å². The summed E-state index contributed by atoms with van der Waals surface area (Å²) in [6.07, 6.45) is 0. The van der Waals surface area contributed by atoms with E-state index < -0.39 is 9.85 Å². The lowest BCUT2D eigenvalue weighted by Gasteiger charge is -1.96. The highest BCUT2D eigenvalue weighted by molar-refractivity contribution is 6.30. The molecule has 0 heterocycles. The predicted molar refractivity (Wildman–Crippen MR) is 77.8 cm³/mol. The third kappa shape index (κ3) is 5.45. The molecule has 21 heavy (non-hydrogen) atoms. The van der Waals surface area contributed by atoms with Gasteiger partial charge in [0.1, 0.15) is 5.75 Å². The summed E-state index contributed by atoms with van der Waals surface area (Å²) < 4.78 is 4.83. The Balaban J connectivity index is 0.000000211. The lowest BCUT2D eigenvalue weighted by atomic mass is 10.3. The van der Waals surface area contributed by atoms with Gasteiger partial charge in [-0.25, -0.2) is 0 Å². The minimum absolute atomic E-state index is 0.0208. The summed E-state index contributed by atoms with van der Waals surface area (Å²) in [6, 6.07) is 11.7. The zero-order valence-electron chi connectivity index (χ0n) is 10.9. The number of nitrogens with zero attached hydrogens (tertiary/aromatic N) is 2.